The van der Waals surface area contributed by atoms with Gasteiger partial charge in [-0.15, -0.1) is 0 Å². The van der Waals surface area contributed by atoms with Crippen LogP contribution in [0.1, 0.15) is 24.8 Å². The molecule has 1 aliphatic rings. The number of ether oxygens (including phenoxy) is 1. The topological polar surface area (TPSA) is 33.3 Å². The number of methoxy groups -OCH3 is 1. The Hall–Kier alpha value is -1.06. The maximum Gasteiger partial charge on any atom is 0.118 e. The highest BCUT2D eigenvalue weighted by Crippen LogP contribution is 2.18. The predicted octanol–water partition coefficient (Wildman–Crippen LogP) is 1.97. The molecule has 1 saturated carbocycles. The Morgan fingerprint density at radius 2 is 1.89 bits per heavy atom. The normalized spacial score (nSPS) is 14.7. The summed E-state index contributed by atoms with van der Waals surface area (Å²) < 4.78 is 5.14. The van der Waals surface area contributed by atoms with Crippen LogP contribution in [0.2, 0.25) is 0 Å². The third-order valence-corrected chi connectivity index (χ3v) is 3.29. The van der Waals surface area contributed by atoms with Crippen molar-refractivity contribution in [2.75, 3.05) is 26.7 Å². The van der Waals surface area contributed by atoms with E-state index in [1.807, 2.05) is 12.1 Å². The van der Waals surface area contributed by atoms with E-state index in [4.69, 9.17) is 4.74 Å². The summed E-state index contributed by atoms with van der Waals surface area (Å²) in [4.78, 5) is 0. The van der Waals surface area contributed by atoms with Crippen LogP contribution < -0.4 is 15.4 Å². The van der Waals surface area contributed by atoms with Crippen molar-refractivity contribution in [3.05, 3.63) is 29.8 Å². The molecule has 0 atom stereocenters. The predicted molar refractivity (Wildman–Crippen MR) is 75.2 cm³/mol. The van der Waals surface area contributed by atoms with Gasteiger partial charge in [-0.25, -0.2) is 0 Å². The van der Waals surface area contributed by atoms with E-state index in [2.05, 4.69) is 22.8 Å². The molecule has 1 aliphatic carbocycles. The Kier molecular flexibility index (Phi) is 5.49. The van der Waals surface area contributed by atoms with Crippen LogP contribution in [0.4, 0.5) is 0 Å². The zero-order chi connectivity index (χ0) is 12.6. The number of hydrogen-bond acceptors (Lipinski definition) is 3. The lowest BCUT2D eigenvalue weighted by Crippen LogP contribution is -2.24. The monoisotopic (exact) mass is 248 g/mol. The highest BCUT2D eigenvalue weighted by molar-refractivity contribution is 5.27. The minimum Gasteiger partial charge on any atom is -0.497 e. The average Bonchev–Trinajstić information content (AvgIpc) is 3.22. The number of benzene rings is 1. The fourth-order valence-electron chi connectivity index (χ4n) is 1.96. The minimum absolute atomic E-state index is 0.837. The fourth-order valence-corrected chi connectivity index (χ4v) is 1.96. The van der Waals surface area contributed by atoms with Crippen molar-refractivity contribution < 1.29 is 4.74 Å². The zero-order valence-corrected chi connectivity index (χ0v) is 11.2. The number of rotatable bonds is 9. The van der Waals surface area contributed by atoms with Gasteiger partial charge < -0.3 is 15.4 Å². The van der Waals surface area contributed by atoms with Crippen molar-refractivity contribution in [1.29, 1.82) is 0 Å². The van der Waals surface area contributed by atoms with Gasteiger partial charge in [-0.3, -0.25) is 0 Å². The standard InChI is InChI=1S/C15H24N2O/c1-18-15-7-3-13(4-8-15)9-12-16-10-2-11-17-14-5-6-14/h3-4,7-8,14,16-17H,2,5-6,9-12H2,1H3. The highest BCUT2D eigenvalue weighted by atomic mass is 16.5. The van der Waals surface area contributed by atoms with E-state index in [-0.39, 0.29) is 0 Å². The minimum atomic E-state index is 0.837. The first-order valence-electron chi connectivity index (χ1n) is 6.95. The first-order valence-corrected chi connectivity index (χ1v) is 6.95. The van der Waals surface area contributed by atoms with E-state index in [9.17, 15) is 0 Å². The van der Waals surface area contributed by atoms with Crippen LogP contribution in [0.25, 0.3) is 0 Å². The number of hydrogen-bond donors (Lipinski definition) is 2. The van der Waals surface area contributed by atoms with Crippen LogP contribution in [0.15, 0.2) is 24.3 Å². The molecule has 2 rings (SSSR count). The van der Waals surface area contributed by atoms with Crippen LogP contribution in [0.3, 0.4) is 0 Å². The third-order valence-electron chi connectivity index (χ3n) is 3.29. The second kappa shape index (κ2) is 7.39. The van der Waals surface area contributed by atoms with Gasteiger partial charge in [-0.2, -0.15) is 0 Å². The van der Waals surface area contributed by atoms with Crippen LogP contribution >= 0.6 is 0 Å². The van der Waals surface area contributed by atoms with Crippen molar-refractivity contribution in [1.82, 2.24) is 10.6 Å². The Morgan fingerprint density at radius 3 is 2.56 bits per heavy atom. The van der Waals surface area contributed by atoms with Crippen LogP contribution in [0, 0.1) is 0 Å². The SMILES string of the molecule is COc1ccc(CCNCCCNC2CC2)cc1. The van der Waals surface area contributed by atoms with Crippen LogP contribution in [0.5, 0.6) is 5.75 Å². The largest absolute Gasteiger partial charge is 0.497 e. The molecule has 1 fully saturated rings. The van der Waals surface area contributed by atoms with E-state index in [0.717, 1.165) is 37.8 Å². The Bertz CT molecular complexity index is 333. The quantitative estimate of drug-likeness (QED) is 0.656. The van der Waals surface area contributed by atoms with Crippen molar-refractivity contribution in [3.8, 4) is 5.75 Å². The lowest BCUT2D eigenvalue weighted by Gasteiger charge is -2.06. The summed E-state index contributed by atoms with van der Waals surface area (Å²) in [5.41, 5.74) is 1.36. The smallest absolute Gasteiger partial charge is 0.118 e. The lowest BCUT2D eigenvalue weighted by molar-refractivity contribution is 0.414. The molecule has 3 nitrogen and oxygen atoms in total. The van der Waals surface area contributed by atoms with E-state index < -0.39 is 0 Å². The summed E-state index contributed by atoms with van der Waals surface area (Å²) in [6.45, 7) is 3.31. The zero-order valence-electron chi connectivity index (χ0n) is 11.2. The molecule has 2 N–H and O–H groups in total. The van der Waals surface area contributed by atoms with E-state index >= 15 is 0 Å². The van der Waals surface area contributed by atoms with E-state index in [1.54, 1.807) is 7.11 Å². The second-order valence-electron chi connectivity index (χ2n) is 4.93. The molecule has 0 amide bonds. The van der Waals surface area contributed by atoms with Gasteiger partial charge in [-0.1, -0.05) is 12.1 Å². The molecular weight excluding hydrogens is 224 g/mol. The van der Waals surface area contributed by atoms with Crippen molar-refractivity contribution in [3.63, 3.8) is 0 Å². The Labute approximate surface area is 110 Å². The first kappa shape index (κ1) is 13.4. The average molecular weight is 248 g/mol. The molecule has 0 aliphatic heterocycles. The summed E-state index contributed by atoms with van der Waals surface area (Å²) in [6, 6.07) is 9.15. The van der Waals surface area contributed by atoms with Crippen LogP contribution in [-0.4, -0.2) is 32.8 Å². The molecule has 0 heterocycles. The summed E-state index contributed by atoms with van der Waals surface area (Å²) in [6.07, 6.45) is 5.06. The molecule has 1 aromatic rings. The fraction of sp³-hybridized carbons (Fsp3) is 0.600. The van der Waals surface area contributed by atoms with E-state index in [0.29, 0.717) is 0 Å². The van der Waals surface area contributed by atoms with Crippen molar-refractivity contribution in [2.24, 2.45) is 0 Å². The van der Waals surface area contributed by atoms with Gasteiger partial charge in [0.25, 0.3) is 0 Å². The van der Waals surface area contributed by atoms with Gasteiger partial charge in [0.1, 0.15) is 5.75 Å². The molecule has 0 saturated heterocycles. The van der Waals surface area contributed by atoms with Gasteiger partial charge in [0.2, 0.25) is 0 Å². The van der Waals surface area contributed by atoms with Gasteiger partial charge in [-0.05, 0) is 63.0 Å². The van der Waals surface area contributed by atoms with Crippen molar-refractivity contribution in [2.45, 2.75) is 31.7 Å². The van der Waals surface area contributed by atoms with Crippen molar-refractivity contribution >= 4 is 0 Å². The second-order valence-corrected chi connectivity index (χ2v) is 4.93. The number of nitrogens with one attached hydrogen (secondary N) is 2. The van der Waals surface area contributed by atoms with Gasteiger partial charge in [0.15, 0.2) is 0 Å². The summed E-state index contributed by atoms with van der Waals surface area (Å²) in [7, 11) is 1.70. The molecule has 100 valence electrons. The molecule has 1 aromatic carbocycles. The van der Waals surface area contributed by atoms with Gasteiger partial charge in [0.05, 0.1) is 7.11 Å². The molecule has 0 radical (unpaired) electrons. The lowest BCUT2D eigenvalue weighted by atomic mass is 10.1. The Balaban J connectivity index is 1.48. The summed E-state index contributed by atoms with van der Waals surface area (Å²) in [5.74, 6) is 0.929. The Morgan fingerprint density at radius 1 is 1.11 bits per heavy atom. The van der Waals surface area contributed by atoms with E-state index in [1.165, 1.54) is 24.8 Å². The molecule has 18 heavy (non-hydrogen) atoms. The molecule has 0 aromatic heterocycles. The summed E-state index contributed by atoms with van der Waals surface area (Å²) in [5, 5.41) is 7.01. The van der Waals surface area contributed by atoms with Gasteiger partial charge in [0, 0.05) is 6.04 Å². The molecule has 0 spiro atoms. The third kappa shape index (κ3) is 5.07. The maximum absolute atomic E-state index is 5.14. The van der Waals surface area contributed by atoms with Gasteiger partial charge >= 0.3 is 0 Å². The maximum atomic E-state index is 5.14. The summed E-state index contributed by atoms with van der Waals surface area (Å²) >= 11 is 0. The van der Waals surface area contributed by atoms with Crippen LogP contribution in [-0.2, 0) is 6.42 Å². The molecule has 0 unspecified atom stereocenters. The molecule has 0 bridgehead atoms. The molecular formula is C15H24N2O. The molecule has 3 heteroatoms. The first-order chi connectivity index (χ1) is 8.88. The highest BCUT2D eigenvalue weighted by Gasteiger charge is 2.19.